The number of ether oxygens (including phenoxy) is 1. The van der Waals surface area contributed by atoms with Crippen LogP contribution in [0.15, 0.2) is 53.4 Å². The SMILES string of the molecule is Cc1ccc(S(=O)(=O)NCCOc2ccccc2N)cc1. The lowest BCUT2D eigenvalue weighted by Gasteiger charge is -2.10. The minimum atomic E-state index is -3.50. The average Bonchev–Trinajstić information content (AvgIpc) is 2.46. The maximum Gasteiger partial charge on any atom is 0.240 e. The zero-order chi connectivity index (χ0) is 15.3. The summed E-state index contributed by atoms with van der Waals surface area (Å²) < 4.78 is 32.0. The smallest absolute Gasteiger partial charge is 0.240 e. The minimum absolute atomic E-state index is 0.171. The van der Waals surface area contributed by atoms with Crippen LogP contribution in [0.1, 0.15) is 5.56 Å². The maximum absolute atomic E-state index is 12.0. The number of anilines is 1. The fourth-order valence-corrected chi connectivity index (χ4v) is 2.76. The molecular weight excluding hydrogens is 288 g/mol. The zero-order valence-electron chi connectivity index (χ0n) is 11.7. The molecule has 0 amide bonds. The first-order chi connectivity index (χ1) is 9.99. The maximum atomic E-state index is 12.0. The van der Waals surface area contributed by atoms with E-state index in [4.69, 9.17) is 10.5 Å². The highest BCUT2D eigenvalue weighted by Crippen LogP contribution is 2.19. The molecule has 0 spiro atoms. The van der Waals surface area contributed by atoms with Crippen LogP contribution in [0.3, 0.4) is 0 Å². The molecule has 0 bridgehead atoms. The third kappa shape index (κ3) is 4.21. The van der Waals surface area contributed by atoms with Crippen molar-refractivity contribution in [1.82, 2.24) is 4.72 Å². The van der Waals surface area contributed by atoms with Crippen molar-refractivity contribution >= 4 is 15.7 Å². The van der Waals surface area contributed by atoms with Gasteiger partial charge in [-0.25, -0.2) is 13.1 Å². The van der Waals surface area contributed by atoms with Crippen molar-refractivity contribution < 1.29 is 13.2 Å². The highest BCUT2D eigenvalue weighted by atomic mass is 32.2. The van der Waals surface area contributed by atoms with Crippen molar-refractivity contribution in [3.8, 4) is 5.75 Å². The Kier molecular flexibility index (Phi) is 4.82. The molecule has 5 nitrogen and oxygen atoms in total. The fourth-order valence-electron chi connectivity index (χ4n) is 1.75. The molecule has 112 valence electrons. The molecule has 2 rings (SSSR count). The standard InChI is InChI=1S/C15H18N2O3S/c1-12-6-8-13(9-7-12)21(18,19)17-10-11-20-15-5-3-2-4-14(15)16/h2-9,17H,10-11,16H2,1H3. The molecule has 0 aliphatic rings. The van der Waals surface area contributed by atoms with Crippen molar-refractivity contribution in [3.05, 3.63) is 54.1 Å². The molecule has 0 aliphatic carbocycles. The molecule has 0 unspecified atom stereocenters. The van der Waals surface area contributed by atoms with E-state index in [1.807, 2.05) is 19.1 Å². The van der Waals surface area contributed by atoms with Crippen LogP contribution >= 0.6 is 0 Å². The minimum Gasteiger partial charge on any atom is -0.490 e. The molecule has 0 saturated carbocycles. The second-order valence-corrected chi connectivity index (χ2v) is 6.36. The Bertz CT molecular complexity index is 697. The van der Waals surface area contributed by atoms with Crippen LogP contribution in [0, 0.1) is 6.92 Å². The number of nitrogens with two attached hydrogens (primary N) is 1. The lowest BCUT2D eigenvalue weighted by Crippen LogP contribution is -2.28. The number of para-hydroxylation sites is 2. The van der Waals surface area contributed by atoms with Crippen molar-refractivity contribution in [2.45, 2.75) is 11.8 Å². The van der Waals surface area contributed by atoms with Gasteiger partial charge in [-0.1, -0.05) is 29.8 Å². The Morgan fingerprint density at radius 2 is 1.76 bits per heavy atom. The van der Waals surface area contributed by atoms with Gasteiger partial charge in [-0.3, -0.25) is 0 Å². The van der Waals surface area contributed by atoms with Gasteiger partial charge in [-0.05, 0) is 31.2 Å². The van der Waals surface area contributed by atoms with E-state index in [-0.39, 0.29) is 18.0 Å². The fraction of sp³-hybridized carbons (Fsp3) is 0.200. The summed E-state index contributed by atoms with van der Waals surface area (Å²) in [4.78, 5) is 0.243. The van der Waals surface area contributed by atoms with Crippen LogP contribution in [-0.2, 0) is 10.0 Å². The van der Waals surface area contributed by atoms with Gasteiger partial charge in [-0.15, -0.1) is 0 Å². The van der Waals surface area contributed by atoms with Crippen molar-refractivity contribution in [2.24, 2.45) is 0 Å². The number of hydrogen-bond donors (Lipinski definition) is 2. The van der Waals surface area contributed by atoms with Crippen LogP contribution in [0.2, 0.25) is 0 Å². The van der Waals surface area contributed by atoms with Gasteiger partial charge in [0.05, 0.1) is 10.6 Å². The summed E-state index contributed by atoms with van der Waals surface area (Å²) in [6.07, 6.45) is 0. The number of benzene rings is 2. The normalized spacial score (nSPS) is 11.3. The first-order valence-electron chi connectivity index (χ1n) is 6.53. The summed E-state index contributed by atoms with van der Waals surface area (Å²) in [5, 5.41) is 0. The van der Waals surface area contributed by atoms with Crippen LogP contribution < -0.4 is 15.2 Å². The lowest BCUT2D eigenvalue weighted by atomic mass is 10.2. The quantitative estimate of drug-likeness (QED) is 0.631. The highest BCUT2D eigenvalue weighted by Gasteiger charge is 2.12. The number of aryl methyl sites for hydroxylation is 1. The molecule has 2 aromatic carbocycles. The first-order valence-corrected chi connectivity index (χ1v) is 8.01. The van der Waals surface area contributed by atoms with Gasteiger partial charge in [0.25, 0.3) is 0 Å². The predicted molar refractivity (Wildman–Crippen MR) is 82.7 cm³/mol. The molecule has 0 fully saturated rings. The third-order valence-corrected chi connectivity index (χ3v) is 4.38. The largest absolute Gasteiger partial charge is 0.490 e. The van der Waals surface area contributed by atoms with Gasteiger partial charge in [0, 0.05) is 6.54 Å². The summed E-state index contributed by atoms with van der Waals surface area (Å²) in [5.74, 6) is 0.548. The Hall–Kier alpha value is -2.05. The number of nitrogen functional groups attached to an aromatic ring is 1. The Morgan fingerprint density at radius 3 is 2.43 bits per heavy atom. The van der Waals surface area contributed by atoms with Crippen LogP contribution in [-0.4, -0.2) is 21.6 Å². The number of nitrogens with one attached hydrogen (secondary N) is 1. The summed E-state index contributed by atoms with van der Waals surface area (Å²) in [7, 11) is -3.50. The highest BCUT2D eigenvalue weighted by molar-refractivity contribution is 7.89. The Labute approximate surface area is 124 Å². The van der Waals surface area contributed by atoms with E-state index in [0.717, 1.165) is 5.56 Å². The van der Waals surface area contributed by atoms with E-state index in [2.05, 4.69) is 4.72 Å². The number of hydrogen-bond acceptors (Lipinski definition) is 4. The molecule has 0 aromatic heterocycles. The summed E-state index contributed by atoms with van der Waals surface area (Å²) in [5.41, 5.74) is 7.27. The summed E-state index contributed by atoms with van der Waals surface area (Å²) >= 11 is 0. The van der Waals surface area contributed by atoms with Crippen LogP contribution in [0.25, 0.3) is 0 Å². The molecule has 6 heteroatoms. The molecule has 2 aromatic rings. The molecule has 0 aliphatic heterocycles. The van der Waals surface area contributed by atoms with E-state index in [0.29, 0.717) is 11.4 Å². The molecule has 3 N–H and O–H groups in total. The van der Waals surface area contributed by atoms with Gasteiger partial charge < -0.3 is 10.5 Å². The predicted octanol–water partition coefficient (Wildman–Crippen LogP) is 1.93. The molecule has 21 heavy (non-hydrogen) atoms. The molecule has 0 atom stereocenters. The summed E-state index contributed by atoms with van der Waals surface area (Å²) in [6, 6.07) is 13.8. The van der Waals surface area contributed by atoms with Crippen molar-refractivity contribution in [1.29, 1.82) is 0 Å². The number of rotatable bonds is 6. The van der Waals surface area contributed by atoms with E-state index in [9.17, 15) is 8.42 Å². The van der Waals surface area contributed by atoms with E-state index >= 15 is 0 Å². The van der Waals surface area contributed by atoms with E-state index in [1.165, 1.54) is 0 Å². The van der Waals surface area contributed by atoms with Crippen LogP contribution in [0.5, 0.6) is 5.75 Å². The van der Waals surface area contributed by atoms with Crippen LogP contribution in [0.4, 0.5) is 5.69 Å². The van der Waals surface area contributed by atoms with Gasteiger partial charge in [0.1, 0.15) is 12.4 Å². The Balaban J connectivity index is 1.88. The zero-order valence-corrected chi connectivity index (χ0v) is 12.6. The van der Waals surface area contributed by atoms with Gasteiger partial charge in [0.15, 0.2) is 0 Å². The molecule has 0 saturated heterocycles. The second kappa shape index (κ2) is 6.60. The van der Waals surface area contributed by atoms with Crippen molar-refractivity contribution in [3.63, 3.8) is 0 Å². The average molecular weight is 306 g/mol. The monoisotopic (exact) mass is 306 g/mol. The molecule has 0 radical (unpaired) electrons. The van der Waals surface area contributed by atoms with E-state index in [1.54, 1.807) is 36.4 Å². The lowest BCUT2D eigenvalue weighted by molar-refractivity contribution is 0.324. The van der Waals surface area contributed by atoms with Gasteiger partial charge in [-0.2, -0.15) is 0 Å². The second-order valence-electron chi connectivity index (χ2n) is 4.60. The third-order valence-electron chi connectivity index (χ3n) is 2.90. The molecule has 0 heterocycles. The van der Waals surface area contributed by atoms with Gasteiger partial charge in [0.2, 0.25) is 10.0 Å². The van der Waals surface area contributed by atoms with E-state index < -0.39 is 10.0 Å². The van der Waals surface area contributed by atoms with Gasteiger partial charge >= 0.3 is 0 Å². The first kappa shape index (κ1) is 15.3. The number of sulfonamides is 1. The molecular formula is C15H18N2O3S. The van der Waals surface area contributed by atoms with Crippen molar-refractivity contribution in [2.75, 3.05) is 18.9 Å². The Morgan fingerprint density at radius 1 is 1.10 bits per heavy atom. The topological polar surface area (TPSA) is 81.4 Å². The summed E-state index contributed by atoms with van der Waals surface area (Å²) in [6.45, 7) is 2.28.